The quantitative estimate of drug-likeness (QED) is 0.772. The number of rotatable bonds is 5. The van der Waals surface area contributed by atoms with Crippen LogP contribution in [0.3, 0.4) is 0 Å². The highest BCUT2D eigenvalue weighted by atomic mass is 32.1. The van der Waals surface area contributed by atoms with Crippen molar-refractivity contribution in [1.29, 1.82) is 0 Å². The van der Waals surface area contributed by atoms with Gasteiger partial charge in [-0.25, -0.2) is 4.39 Å². The minimum Gasteiger partial charge on any atom is -0.339 e. The lowest BCUT2D eigenvalue weighted by Crippen LogP contribution is -2.13. The molecule has 2 heterocycles. The molecule has 23 heavy (non-hydrogen) atoms. The van der Waals surface area contributed by atoms with Crippen LogP contribution in [0.5, 0.6) is 0 Å². The number of carbonyl (C=O) groups is 1. The molecule has 0 aliphatic rings. The van der Waals surface area contributed by atoms with Gasteiger partial charge in [0.25, 0.3) is 0 Å². The third-order valence-electron chi connectivity index (χ3n) is 3.29. The van der Waals surface area contributed by atoms with Crippen LogP contribution in [0.15, 0.2) is 39.5 Å². The molecule has 0 unspecified atom stereocenters. The van der Waals surface area contributed by atoms with Crippen molar-refractivity contribution in [3.63, 3.8) is 0 Å². The Morgan fingerprint density at radius 2 is 2.26 bits per heavy atom. The van der Waals surface area contributed by atoms with E-state index in [9.17, 15) is 9.18 Å². The molecule has 2 aromatic heterocycles. The largest absolute Gasteiger partial charge is 0.339 e. The van der Waals surface area contributed by atoms with Gasteiger partial charge in [0.05, 0.1) is 0 Å². The second-order valence-electron chi connectivity index (χ2n) is 5.03. The van der Waals surface area contributed by atoms with Crippen molar-refractivity contribution in [3.05, 3.63) is 52.3 Å². The smallest absolute Gasteiger partial charge is 0.227 e. The summed E-state index contributed by atoms with van der Waals surface area (Å²) in [5.41, 5.74) is 2.17. The lowest BCUT2D eigenvalue weighted by Gasteiger charge is -2.07. The number of anilines is 1. The van der Waals surface area contributed by atoms with Crippen LogP contribution in [0.25, 0.3) is 11.4 Å². The van der Waals surface area contributed by atoms with Gasteiger partial charge in [-0.2, -0.15) is 16.3 Å². The fourth-order valence-corrected chi connectivity index (χ4v) is 2.66. The molecule has 1 amide bonds. The number of thiophene rings is 1. The van der Waals surface area contributed by atoms with E-state index in [4.69, 9.17) is 4.52 Å². The van der Waals surface area contributed by atoms with Gasteiger partial charge in [0.2, 0.25) is 17.6 Å². The van der Waals surface area contributed by atoms with Crippen molar-refractivity contribution < 1.29 is 13.7 Å². The van der Waals surface area contributed by atoms with Crippen LogP contribution in [0.1, 0.15) is 17.9 Å². The van der Waals surface area contributed by atoms with Gasteiger partial charge in [-0.05, 0) is 36.1 Å². The van der Waals surface area contributed by atoms with Gasteiger partial charge in [-0.15, -0.1) is 0 Å². The topological polar surface area (TPSA) is 68.0 Å². The van der Waals surface area contributed by atoms with Crippen LogP contribution < -0.4 is 5.32 Å². The van der Waals surface area contributed by atoms with Gasteiger partial charge in [0.15, 0.2) is 0 Å². The molecule has 0 saturated carbocycles. The first-order valence-electron chi connectivity index (χ1n) is 7.03. The molecule has 0 aliphatic carbocycles. The van der Waals surface area contributed by atoms with E-state index in [-0.39, 0.29) is 18.1 Å². The number of aryl methyl sites for hydroxylation is 2. The summed E-state index contributed by atoms with van der Waals surface area (Å²) in [5.74, 6) is 0.303. The molecule has 0 atom stereocenters. The van der Waals surface area contributed by atoms with Gasteiger partial charge >= 0.3 is 0 Å². The number of hydrogen-bond acceptors (Lipinski definition) is 5. The monoisotopic (exact) mass is 331 g/mol. The first-order chi connectivity index (χ1) is 11.1. The molecule has 0 aliphatic heterocycles. The van der Waals surface area contributed by atoms with Crippen LogP contribution >= 0.6 is 11.3 Å². The Hall–Kier alpha value is -2.54. The number of nitrogens with zero attached hydrogens (tertiary/aromatic N) is 2. The molecule has 0 spiro atoms. The van der Waals surface area contributed by atoms with Crippen LogP contribution in [0.4, 0.5) is 10.1 Å². The first-order valence-corrected chi connectivity index (χ1v) is 7.97. The summed E-state index contributed by atoms with van der Waals surface area (Å²) in [6.45, 7) is 1.81. The Balaban J connectivity index is 1.58. The van der Waals surface area contributed by atoms with E-state index in [2.05, 4.69) is 15.5 Å². The number of carbonyl (C=O) groups excluding carboxylic acids is 1. The minimum atomic E-state index is -0.386. The average Bonchev–Trinajstić information content (AvgIpc) is 3.19. The van der Waals surface area contributed by atoms with Gasteiger partial charge in [0.1, 0.15) is 5.82 Å². The van der Waals surface area contributed by atoms with E-state index < -0.39 is 0 Å². The van der Waals surface area contributed by atoms with E-state index >= 15 is 0 Å². The predicted molar refractivity (Wildman–Crippen MR) is 85.7 cm³/mol. The number of nitrogens with one attached hydrogen (secondary N) is 1. The lowest BCUT2D eigenvalue weighted by atomic mass is 10.2. The molecule has 5 nitrogen and oxygen atoms in total. The van der Waals surface area contributed by atoms with E-state index in [0.29, 0.717) is 23.8 Å². The summed E-state index contributed by atoms with van der Waals surface area (Å²) >= 11 is 1.55. The summed E-state index contributed by atoms with van der Waals surface area (Å²) in [6.07, 6.45) is 0.512. The number of amides is 1. The molecular weight excluding hydrogens is 317 g/mol. The van der Waals surface area contributed by atoms with Crippen LogP contribution in [0, 0.1) is 12.7 Å². The molecule has 1 N–H and O–H groups in total. The second kappa shape index (κ2) is 6.70. The van der Waals surface area contributed by atoms with Crippen molar-refractivity contribution in [2.45, 2.75) is 19.8 Å². The zero-order chi connectivity index (χ0) is 16.2. The number of aromatic nitrogens is 2. The maximum Gasteiger partial charge on any atom is 0.227 e. The van der Waals surface area contributed by atoms with Gasteiger partial charge < -0.3 is 9.84 Å². The molecule has 0 radical (unpaired) electrons. The van der Waals surface area contributed by atoms with Crippen molar-refractivity contribution >= 4 is 22.9 Å². The van der Waals surface area contributed by atoms with E-state index in [1.54, 1.807) is 24.3 Å². The summed E-state index contributed by atoms with van der Waals surface area (Å²) in [5, 5.41) is 10.4. The lowest BCUT2D eigenvalue weighted by molar-refractivity contribution is -0.116. The van der Waals surface area contributed by atoms with Gasteiger partial charge in [-0.3, -0.25) is 4.79 Å². The molecule has 3 rings (SSSR count). The maximum absolute atomic E-state index is 13.2. The fourth-order valence-electron chi connectivity index (χ4n) is 2.03. The van der Waals surface area contributed by atoms with Crippen molar-refractivity contribution in [3.8, 4) is 11.4 Å². The third kappa shape index (κ3) is 3.81. The number of halogens is 1. The zero-order valence-corrected chi connectivity index (χ0v) is 13.2. The second-order valence-corrected chi connectivity index (χ2v) is 5.81. The predicted octanol–water partition coefficient (Wildman–Crippen LogP) is 3.82. The standard InChI is InChI=1S/C16H14FN3O2S/c1-10-2-3-12(17)8-13(10)18-14(21)4-5-15-19-16(20-22-15)11-6-7-23-9-11/h2-3,6-9H,4-5H2,1H3,(H,18,21). The normalized spacial score (nSPS) is 10.7. The van der Waals surface area contributed by atoms with Crippen molar-refractivity contribution in [2.24, 2.45) is 0 Å². The van der Waals surface area contributed by atoms with Crippen LogP contribution in [-0.2, 0) is 11.2 Å². The van der Waals surface area contributed by atoms with Crippen LogP contribution in [-0.4, -0.2) is 16.0 Å². The molecule has 7 heteroatoms. The fraction of sp³-hybridized carbons (Fsp3) is 0.188. The van der Waals surface area contributed by atoms with E-state index in [0.717, 1.165) is 11.1 Å². The van der Waals surface area contributed by atoms with Crippen LogP contribution in [0.2, 0.25) is 0 Å². The van der Waals surface area contributed by atoms with Crippen molar-refractivity contribution in [1.82, 2.24) is 10.1 Å². The first kappa shape index (κ1) is 15.4. The summed E-state index contributed by atoms with van der Waals surface area (Å²) in [7, 11) is 0. The Labute approximate surface area is 136 Å². The number of hydrogen-bond donors (Lipinski definition) is 1. The Bertz CT molecular complexity index is 815. The molecule has 3 aromatic rings. The van der Waals surface area contributed by atoms with Gasteiger partial charge in [-0.1, -0.05) is 11.2 Å². The van der Waals surface area contributed by atoms with E-state index in [1.807, 2.05) is 16.8 Å². The highest BCUT2D eigenvalue weighted by molar-refractivity contribution is 7.08. The van der Waals surface area contributed by atoms with Gasteiger partial charge in [0, 0.05) is 29.5 Å². The average molecular weight is 331 g/mol. The molecular formula is C16H14FN3O2S. The third-order valence-corrected chi connectivity index (χ3v) is 3.97. The highest BCUT2D eigenvalue weighted by Crippen LogP contribution is 2.19. The Kier molecular flexibility index (Phi) is 4.47. The maximum atomic E-state index is 13.2. The summed E-state index contributed by atoms with van der Waals surface area (Å²) in [4.78, 5) is 16.2. The molecule has 0 saturated heterocycles. The minimum absolute atomic E-state index is 0.182. The van der Waals surface area contributed by atoms with E-state index in [1.165, 1.54) is 12.1 Å². The highest BCUT2D eigenvalue weighted by Gasteiger charge is 2.12. The molecule has 0 bridgehead atoms. The molecule has 1 aromatic carbocycles. The Morgan fingerprint density at radius 3 is 3.04 bits per heavy atom. The zero-order valence-electron chi connectivity index (χ0n) is 12.4. The Morgan fingerprint density at radius 1 is 1.39 bits per heavy atom. The number of benzene rings is 1. The summed E-state index contributed by atoms with van der Waals surface area (Å²) in [6, 6.07) is 6.18. The van der Waals surface area contributed by atoms with Crippen molar-refractivity contribution in [2.75, 3.05) is 5.32 Å². The molecule has 118 valence electrons. The summed E-state index contributed by atoms with van der Waals surface area (Å²) < 4.78 is 18.3. The molecule has 0 fully saturated rings. The SMILES string of the molecule is Cc1ccc(F)cc1NC(=O)CCc1nc(-c2ccsc2)no1.